The monoisotopic (exact) mass is 502 g/mol. The number of ether oxygens (including phenoxy) is 7. The van der Waals surface area contributed by atoms with E-state index in [9.17, 15) is 0 Å². The van der Waals surface area contributed by atoms with E-state index in [-0.39, 0.29) is 12.6 Å². The summed E-state index contributed by atoms with van der Waals surface area (Å²) in [7, 11) is 0. The highest BCUT2D eigenvalue weighted by Crippen LogP contribution is 2.12. The minimum Gasteiger partial charge on any atom is -0.353 e. The summed E-state index contributed by atoms with van der Waals surface area (Å²) < 4.78 is 40.8. The van der Waals surface area contributed by atoms with Crippen LogP contribution in [0.3, 0.4) is 0 Å². The van der Waals surface area contributed by atoms with Gasteiger partial charge in [0.2, 0.25) is 0 Å². The van der Waals surface area contributed by atoms with Crippen molar-refractivity contribution in [1.29, 1.82) is 0 Å². The summed E-state index contributed by atoms with van der Waals surface area (Å²) in [5.74, 6) is 0. The second kappa shape index (κ2) is 26.3. The lowest BCUT2D eigenvalue weighted by atomic mass is 10.2. The first-order chi connectivity index (χ1) is 17.1. The molecule has 0 aromatic heterocycles. The van der Waals surface area contributed by atoms with Gasteiger partial charge in [0.1, 0.15) is 0 Å². The average molecular weight is 503 g/mol. The highest BCUT2D eigenvalue weighted by Gasteiger charge is 2.14. The van der Waals surface area contributed by atoms with Crippen LogP contribution in [0, 0.1) is 0 Å². The Morgan fingerprint density at radius 2 is 0.829 bits per heavy atom. The number of hydrogen-bond donors (Lipinski definition) is 0. The van der Waals surface area contributed by atoms with Gasteiger partial charge in [-0.2, -0.15) is 0 Å². The summed E-state index contributed by atoms with van der Waals surface area (Å²) in [4.78, 5) is 0. The Bertz CT molecular complexity index is 426. The average Bonchev–Trinajstić information content (AvgIpc) is 2.86. The van der Waals surface area contributed by atoms with Crippen molar-refractivity contribution in [2.45, 2.75) is 118 Å². The van der Waals surface area contributed by atoms with Crippen LogP contribution in [0.2, 0.25) is 0 Å². The molecule has 7 heteroatoms. The predicted molar refractivity (Wildman–Crippen MR) is 141 cm³/mol. The van der Waals surface area contributed by atoms with Gasteiger partial charge in [0.25, 0.3) is 0 Å². The number of hydrogen-bond acceptors (Lipinski definition) is 7. The van der Waals surface area contributed by atoms with Gasteiger partial charge in [-0.3, -0.25) is 0 Å². The Labute approximate surface area is 215 Å². The summed E-state index contributed by atoms with van der Waals surface area (Å²) >= 11 is 0. The molecule has 0 saturated heterocycles. The molecule has 2 unspecified atom stereocenters. The van der Waals surface area contributed by atoms with E-state index in [0.29, 0.717) is 39.6 Å². The van der Waals surface area contributed by atoms with Gasteiger partial charge in [0.05, 0.1) is 0 Å². The topological polar surface area (TPSA) is 64.6 Å². The van der Waals surface area contributed by atoms with Crippen molar-refractivity contribution < 1.29 is 33.2 Å². The fourth-order valence-electron chi connectivity index (χ4n) is 3.05. The van der Waals surface area contributed by atoms with E-state index in [0.717, 1.165) is 51.4 Å². The largest absolute Gasteiger partial charge is 0.353 e. The van der Waals surface area contributed by atoms with Crippen LogP contribution in [-0.4, -0.2) is 64.8 Å². The van der Waals surface area contributed by atoms with Gasteiger partial charge in [-0.25, -0.2) is 0 Å². The highest BCUT2D eigenvalue weighted by molar-refractivity contribution is 4.90. The van der Waals surface area contributed by atoms with Crippen LogP contribution in [0.25, 0.3) is 0 Å². The molecule has 7 nitrogen and oxygen atoms in total. The van der Waals surface area contributed by atoms with Crippen LogP contribution in [0.1, 0.15) is 92.9 Å². The van der Waals surface area contributed by atoms with Crippen LogP contribution >= 0.6 is 0 Å². The van der Waals surface area contributed by atoms with E-state index in [1.165, 1.54) is 0 Å². The van der Waals surface area contributed by atoms with Crippen molar-refractivity contribution >= 4 is 0 Å². The van der Waals surface area contributed by atoms with Crippen molar-refractivity contribution in [1.82, 2.24) is 0 Å². The third kappa shape index (κ3) is 21.0. The molecular formula is C28H54O7. The normalized spacial score (nSPS) is 14.2. The first-order valence-corrected chi connectivity index (χ1v) is 13.8. The molecule has 2 atom stereocenters. The zero-order valence-corrected chi connectivity index (χ0v) is 23.4. The van der Waals surface area contributed by atoms with Crippen LogP contribution in [0.15, 0.2) is 24.3 Å². The smallest absolute Gasteiger partial charge is 0.180 e. The summed E-state index contributed by atoms with van der Waals surface area (Å²) in [5.41, 5.74) is 0. The predicted octanol–water partition coefficient (Wildman–Crippen LogP) is 6.76. The van der Waals surface area contributed by atoms with Crippen molar-refractivity contribution in [3.8, 4) is 0 Å². The Kier molecular flexibility index (Phi) is 25.7. The summed E-state index contributed by atoms with van der Waals surface area (Å²) in [6, 6.07) is 0. The maximum Gasteiger partial charge on any atom is 0.180 e. The molecule has 0 aliphatic rings. The Balaban J connectivity index is 4.73. The molecule has 0 saturated carbocycles. The molecule has 0 aliphatic heterocycles. The van der Waals surface area contributed by atoms with E-state index in [1.807, 2.05) is 26.0 Å². The fourth-order valence-corrected chi connectivity index (χ4v) is 3.05. The second-order valence-corrected chi connectivity index (χ2v) is 8.14. The van der Waals surface area contributed by atoms with Crippen molar-refractivity contribution in [3.05, 3.63) is 24.3 Å². The zero-order valence-electron chi connectivity index (χ0n) is 23.4. The van der Waals surface area contributed by atoms with Crippen LogP contribution in [0.5, 0.6) is 0 Å². The molecule has 0 N–H and O–H groups in total. The molecule has 0 spiro atoms. The van der Waals surface area contributed by atoms with Gasteiger partial charge in [-0.05, 0) is 64.5 Å². The van der Waals surface area contributed by atoms with Crippen molar-refractivity contribution in [2.75, 3.05) is 39.6 Å². The maximum atomic E-state index is 6.06. The van der Waals surface area contributed by atoms with E-state index >= 15 is 0 Å². The Hall–Kier alpha value is -0.800. The third-order valence-corrected chi connectivity index (χ3v) is 4.69. The van der Waals surface area contributed by atoms with Gasteiger partial charge in [0.15, 0.2) is 25.2 Å². The first-order valence-electron chi connectivity index (χ1n) is 13.8. The molecule has 0 fully saturated rings. The lowest BCUT2D eigenvalue weighted by molar-refractivity contribution is -0.204. The molecular weight excluding hydrogens is 448 g/mol. The number of allylic oxidation sites excluding steroid dienone is 2. The minimum atomic E-state index is -0.485. The van der Waals surface area contributed by atoms with Crippen molar-refractivity contribution in [2.24, 2.45) is 0 Å². The van der Waals surface area contributed by atoms with E-state index < -0.39 is 12.6 Å². The molecule has 0 aromatic rings. The molecule has 0 bridgehead atoms. The number of rotatable bonds is 26. The van der Waals surface area contributed by atoms with Gasteiger partial charge in [-0.1, -0.05) is 39.8 Å². The van der Waals surface area contributed by atoms with Crippen LogP contribution in [0.4, 0.5) is 0 Å². The van der Waals surface area contributed by atoms with Crippen LogP contribution in [-0.2, 0) is 33.2 Å². The lowest BCUT2D eigenvalue weighted by Crippen LogP contribution is -2.24. The molecule has 0 amide bonds. The first kappa shape index (κ1) is 34.2. The summed E-state index contributed by atoms with van der Waals surface area (Å²) in [6.45, 7) is 16.2. The molecule has 0 radical (unpaired) electrons. The van der Waals surface area contributed by atoms with E-state index in [2.05, 4.69) is 39.8 Å². The highest BCUT2D eigenvalue weighted by atomic mass is 16.8. The standard InChI is InChI=1S/C28H54O7/c1-7-21-31-25(32-22-8-2)17-13-15-19-27(29-11-5)35-28(30-12-6)20-16-14-18-26(33-23-9-3)34-24-10-4/h15-16,19-20,25-28H,7-14,17-18,21-24H2,1-6H3. The molecule has 0 aromatic carbocycles. The third-order valence-electron chi connectivity index (χ3n) is 4.69. The van der Waals surface area contributed by atoms with Gasteiger partial charge >= 0.3 is 0 Å². The van der Waals surface area contributed by atoms with E-state index in [1.54, 1.807) is 0 Å². The lowest BCUT2D eigenvalue weighted by Gasteiger charge is -2.21. The molecule has 35 heavy (non-hydrogen) atoms. The van der Waals surface area contributed by atoms with Gasteiger partial charge in [-0.15, -0.1) is 0 Å². The summed E-state index contributed by atoms with van der Waals surface area (Å²) in [5, 5.41) is 0. The second-order valence-electron chi connectivity index (χ2n) is 8.14. The molecule has 0 aliphatic carbocycles. The zero-order chi connectivity index (χ0) is 26.0. The van der Waals surface area contributed by atoms with Crippen LogP contribution < -0.4 is 0 Å². The molecule has 0 heterocycles. The summed E-state index contributed by atoms with van der Waals surface area (Å²) in [6.07, 6.45) is 13.8. The Morgan fingerprint density at radius 3 is 1.11 bits per heavy atom. The van der Waals surface area contributed by atoms with Gasteiger partial charge < -0.3 is 33.2 Å². The molecule has 208 valence electrons. The fraction of sp³-hybridized carbons (Fsp3) is 0.857. The molecule has 0 rings (SSSR count). The van der Waals surface area contributed by atoms with Crippen molar-refractivity contribution in [3.63, 3.8) is 0 Å². The SMILES string of the molecule is CCCOC(CCC=CC(OCC)OC(C=CCCC(OCCC)OCCC)OCC)OCCC. The minimum absolute atomic E-state index is 0.170. The maximum absolute atomic E-state index is 6.06. The quantitative estimate of drug-likeness (QED) is 0.0956. The van der Waals surface area contributed by atoms with E-state index in [4.69, 9.17) is 33.2 Å². The Morgan fingerprint density at radius 1 is 0.486 bits per heavy atom. The van der Waals surface area contributed by atoms with Gasteiger partial charge in [0, 0.05) is 52.5 Å².